The van der Waals surface area contributed by atoms with Crippen LogP contribution in [-0.4, -0.2) is 47.6 Å². The molecule has 6 heteroatoms. The molecule has 0 aliphatic heterocycles. The predicted octanol–water partition coefficient (Wildman–Crippen LogP) is 6.10. The van der Waals surface area contributed by atoms with Crippen molar-refractivity contribution in [3.05, 3.63) is 95.1 Å². The van der Waals surface area contributed by atoms with E-state index >= 15 is 0 Å². The Labute approximate surface area is 246 Å². The molecule has 0 bridgehead atoms. The van der Waals surface area contributed by atoms with Gasteiger partial charge in [0.2, 0.25) is 0 Å². The zero-order valence-electron chi connectivity index (χ0n) is 25.1. The average molecular weight is 565 g/mol. The summed E-state index contributed by atoms with van der Waals surface area (Å²) in [6.07, 6.45) is 6.64. The summed E-state index contributed by atoms with van der Waals surface area (Å²) < 4.78 is 10.8. The van der Waals surface area contributed by atoms with Crippen LogP contribution < -0.4 is 0 Å². The van der Waals surface area contributed by atoms with E-state index in [1.54, 1.807) is 6.92 Å². The molecule has 0 saturated heterocycles. The summed E-state index contributed by atoms with van der Waals surface area (Å²) in [5.41, 5.74) is 5.33. The van der Waals surface area contributed by atoms with E-state index < -0.39 is 24.1 Å². The van der Waals surface area contributed by atoms with Crippen LogP contribution in [0, 0.1) is 5.92 Å². The Hall–Kier alpha value is -3.22. The maximum atomic E-state index is 12.3. The van der Waals surface area contributed by atoms with Gasteiger partial charge >= 0.3 is 11.9 Å². The summed E-state index contributed by atoms with van der Waals surface area (Å²) >= 11 is 0. The molecule has 6 nitrogen and oxygen atoms in total. The molecule has 0 aliphatic carbocycles. The number of hydrogen-bond acceptors (Lipinski definition) is 6. The number of aliphatic hydroxyl groups excluding tert-OH is 2. The van der Waals surface area contributed by atoms with Crippen LogP contribution in [0.1, 0.15) is 75.1 Å². The van der Waals surface area contributed by atoms with E-state index in [-0.39, 0.29) is 36.7 Å². The van der Waals surface area contributed by atoms with Crippen LogP contribution in [0.15, 0.2) is 72.8 Å². The Bertz CT molecular complexity index is 1100. The smallest absolute Gasteiger partial charge is 0.336 e. The highest BCUT2D eigenvalue weighted by molar-refractivity contribution is 5.88. The monoisotopic (exact) mass is 564 g/mol. The van der Waals surface area contributed by atoms with E-state index in [2.05, 4.69) is 68.6 Å². The highest BCUT2D eigenvalue weighted by atomic mass is 16.5. The Morgan fingerprint density at radius 1 is 0.732 bits per heavy atom. The van der Waals surface area contributed by atoms with Crippen molar-refractivity contribution in [3.8, 4) is 0 Å². The largest absolute Gasteiger partial charge is 0.462 e. The van der Waals surface area contributed by atoms with Gasteiger partial charge in [-0.05, 0) is 74.6 Å². The number of carbonyl (C=O) groups excluding carboxylic acids is 2. The minimum absolute atomic E-state index is 0.0236. The molecule has 3 unspecified atom stereocenters. The van der Waals surface area contributed by atoms with Crippen molar-refractivity contribution in [2.24, 2.45) is 5.92 Å². The number of aliphatic hydroxyl groups is 2. The summed E-state index contributed by atoms with van der Waals surface area (Å²) in [5.74, 6) is -1.51. The molecule has 0 amide bonds. The number of aryl methyl sites for hydroxylation is 4. The number of carbonyl (C=O) groups is 2. The first kappa shape index (κ1) is 34.0. The molecule has 41 heavy (non-hydrogen) atoms. The summed E-state index contributed by atoms with van der Waals surface area (Å²) in [6, 6.07) is 17.5. The first-order chi connectivity index (χ1) is 19.6. The van der Waals surface area contributed by atoms with Crippen LogP contribution >= 0.6 is 0 Å². The number of ether oxygens (including phenoxy) is 2. The lowest BCUT2D eigenvalue weighted by Gasteiger charge is -2.19. The van der Waals surface area contributed by atoms with Gasteiger partial charge < -0.3 is 19.7 Å². The second-order valence-electron chi connectivity index (χ2n) is 11.0. The Kier molecular flexibility index (Phi) is 15.1. The van der Waals surface area contributed by atoms with Crippen molar-refractivity contribution in [2.75, 3.05) is 13.2 Å². The van der Waals surface area contributed by atoms with Crippen LogP contribution in [-0.2, 0) is 44.7 Å². The Morgan fingerprint density at radius 2 is 1.20 bits per heavy atom. The topological polar surface area (TPSA) is 93.1 Å². The van der Waals surface area contributed by atoms with Gasteiger partial charge in [0.05, 0.1) is 31.0 Å². The number of esters is 2. The third-order valence-electron chi connectivity index (χ3n) is 7.16. The summed E-state index contributed by atoms with van der Waals surface area (Å²) in [7, 11) is 0. The van der Waals surface area contributed by atoms with Crippen molar-refractivity contribution >= 4 is 11.9 Å². The predicted molar refractivity (Wildman–Crippen MR) is 164 cm³/mol. The van der Waals surface area contributed by atoms with E-state index in [4.69, 9.17) is 9.47 Å². The van der Waals surface area contributed by atoms with E-state index in [0.29, 0.717) is 12.8 Å². The number of unbranched alkanes of at least 4 members (excludes halogenated alkanes) is 2. The summed E-state index contributed by atoms with van der Waals surface area (Å²) in [5, 5.41) is 19.1. The van der Waals surface area contributed by atoms with Crippen molar-refractivity contribution in [1.82, 2.24) is 0 Å². The van der Waals surface area contributed by atoms with Gasteiger partial charge in [-0.2, -0.15) is 0 Å². The maximum Gasteiger partial charge on any atom is 0.336 e. The summed E-state index contributed by atoms with van der Waals surface area (Å²) in [6.45, 7) is 12.6. The van der Waals surface area contributed by atoms with Crippen molar-refractivity contribution in [2.45, 2.75) is 90.8 Å². The van der Waals surface area contributed by atoms with E-state index in [0.717, 1.165) is 24.8 Å². The van der Waals surface area contributed by atoms with Crippen molar-refractivity contribution < 1.29 is 29.3 Å². The zero-order valence-corrected chi connectivity index (χ0v) is 25.1. The molecule has 3 atom stereocenters. The lowest BCUT2D eigenvalue weighted by molar-refractivity contribution is -0.145. The fourth-order valence-electron chi connectivity index (χ4n) is 4.39. The van der Waals surface area contributed by atoms with Gasteiger partial charge in [-0.15, -0.1) is 0 Å². The van der Waals surface area contributed by atoms with Gasteiger partial charge in [-0.25, -0.2) is 9.59 Å². The molecule has 2 rings (SSSR count). The molecule has 0 fully saturated rings. The van der Waals surface area contributed by atoms with Gasteiger partial charge in [0.15, 0.2) is 0 Å². The molecule has 2 N–H and O–H groups in total. The molecule has 0 saturated carbocycles. The molecule has 2 aromatic rings. The van der Waals surface area contributed by atoms with Crippen LogP contribution in [0.5, 0.6) is 0 Å². The first-order valence-corrected chi connectivity index (χ1v) is 14.8. The quantitative estimate of drug-likeness (QED) is 0.122. The van der Waals surface area contributed by atoms with Crippen LogP contribution in [0.4, 0.5) is 0 Å². The highest BCUT2D eigenvalue weighted by Crippen LogP contribution is 2.17. The average Bonchev–Trinajstić information content (AvgIpc) is 2.95. The third-order valence-corrected chi connectivity index (χ3v) is 7.16. The molecule has 0 aliphatic rings. The third kappa shape index (κ3) is 13.3. The number of rotatable bonds is 19. The minimum Gasteiger partial charge on any atom is -0.462 e. The number of hydrogen-bond donors (Lipinski definition) is 2. The van der Waals surface area contributed by atoms with Gasteiger partial charge in [0, 0.05) is 17.9 Å². The standard InChI is InChI=1S/C35H48O6/c1-6-7-8-9-29-10-12-30(13-11-29)14-15-31-16-18-32(19-17-31)20-21-33(24-41-35(39)27(4)28(5)37)23-40-34(38)25(2)22-26(3)36/h10-13,16-19,26,28,33,36-37H,2,4,6-9,14-15,20-24H2,1,3,5H3. The van der Waals surface area contributed by atoms with Crippen LogP contribution in [0.2, 0.25) is 0 Å². The molecular weight excluding hydrogens is 516 g/mol. The van der Waals surface area contributed by atoms with Crippen LogP contribution in [0.3, 0.4) is 0 Å². The molecule has 0 aromatic heterocycles. The molecule has 0 radical (unpaired) electrons. The van der Waals surface area contributed by atoms with E-state index in [1.165, 1.54) is 42.9 Å². The summed E-state index contributed by atoms with van der Waals surface area (Å²) in [4.78, 5) is 24.4. The normalized spacial score (nSPS) is 13.2. The zero-order chi connectivity index (χ0) is 30.2. The van der Waals surface area contributed by atoms with Gasteiger partial charge in [-0.3, -0.25) is 0 Å². The molecule has 0 spiro atoms. The lowest BCUT2D eigenvalue weighted by Crippen LogP contribution is -2.24. The Balaban J connectivity index is 1.89. The fourth-order valence-corrected chi connectivity index (χ4v) is 4.39. The fraction of sp³-hybridized carbons (Fsp3) is 0.486. The van der Waals surface area contributed by atoms with Crippen LogP contribution in [0.25, 0.3) is 0 Å². The molecule has 0 heterocycles. The number of benzene rings is 2. The molecular formula is C35H48O6. The highest BCUT2D eigenvalue weighted by Gasteiger charge is 2.20. The minimum atomic E-state index is -1.00. The van der Waals surface area contributed by atoms with E-state index in [9.17, 15) is 19.8 Å². The maximum absolute atomic E-state index is 12.3. The van der Waals surface area contributed by atoms with Gasteiger partial charge in [-0.1, -0.05) is 81.5 Å². The van der Waals surface area contributed by atoms with Crippen molar-refractivity contribution in [3.63, 3.8) is 0 Å². The first-order valence-electron chi connectivity index (χ1n) is 14.8. The second kappa shape index (κ2) is 18.3. The lowest BCUT2D eigenvalue weighted by atomic mass is 9.98. The SMILES string of the molecule is C=C(CC(C)O)C(=O)OCC(CCc1ccc(CCc2ccc(CCCCC)cc2)cc1)COC(=O)C(=C)C(C)O. The second-order valence-corrected chi connectivity index (χ2v) is 11.0. The van der Waals surface area contributed by atoms with E-state index in [1.807, 2.05) is 0 Å². The van der Waals surface area contributed by atoms with Gasteiger partial charge in [0.25, 0.3) is 0 Å². The molecule has 2 aromatic carbocycles. The van der Waals surface area contributed by atoms with Crippen molar-refractivity contribution in [1.29, 1.82) is 0 Å². The molecule has 224 valence electrons. The Morgan fingerprint density at radius 3 is 1.66 bits per heavy atom. The van der Waals surface area contributed by atoms with Gasteiger partial charge in [0.1, 0.15) is 0 Å².